The van der Waals surface area contributed by atoms with E-state index in [1.54, 1.807) is 13.8 Å². The quantitative estimate of drug-likeness (QED) is 0.488. The molecule has 1 aromatic rings. The van der Waals surface area contributed by atoms with Crippen LogP contribution < -0.4 is 4.74 Å². The Morgan fingerprint density at radius 2 is 2.00 bits per heavy atom. The normalized spacial score (nSPS) is 9.82. The van der Waals surface area contributed by atoms with Crippen LogP contribution in [0.5, 0.6) is 11.5 Å². The average Bonchev–Trinajstić information content (AvgIpc) is 2.27. The Kier molecular flexibility index (Phi) is 4.09. The van der Waals surface area contributed by atoms with E-state index in [4.69, 9.17) is 4.74 Å². The average molecular weight is 238 g/mol. The molecule has 1 aromatic carbocycles. The zero-order chi connectivity index (χ0) is 13.0. The van der Waals surface area contributed by atoms with E-state index in [0.717, 1.165) is 0 Å². The van der Waals surface area contributed by atoms with Gasteiger partial charge < -0.3 is 14.6 Å². The number of methoxy groups -OCH3 is 1. The number of phenols is 1. The van der Waals surface area contributed by atoms with Gasteiger partial charge in [-0.2, -0.15) is 0 Å². The first kappa shape index (κ1) is 13.0. The highest BCUT2D eigenvalue weighted by molar-refractivity contribution is 6.41. The zero-order valence-corrected chi connectivity index (χ0v) is 9.94. The number of carbonyl (C=O) groups is 2. The highest BCUT2D eigenvalue weighted by atomic mass is 16.5. The lowest BCUT2D eigenvalue weighted by atomic mass is 10.0. The molecule has 0 bridgehead atoms. The van der Waals surface area contributed by atoms with E-state index >= 15 is 0 Å². The Morgan fingerprint density at radius 1 is 1.35 bits per heavy atom. The summed E-state index contributed by atoms with van der Waals surface area (Å²) in [5.74, 6) is -1.58. The number of esters is 1. The van der Waals surface area contributed by atoms with Gasteiger partial charge in [-0.1, -0.05) is 0 Å². The lowest BCUT2D eigenvalue weighted by Gasteiger charge is -2.10. The van der Waals surface area contributed by atoms with Crippen LogP contribution in [0.2, 0.25) is 0 Å². The third-order valence-electron chi connectivity index (χ3n) is 2.19. The van der Waals surface area contributed by atoms with E-state index in [2.05, 4.69) is 4.74 Å². The zero-order valence-electron chi connectivity index (χ0n) is 9.94. The molecule has 0 spiro atoms. The fourth-order valence-electron chi connectivity index (χ4n) is 1.49. The number of hydrogen-bond donors (Lipinski definition) is 1. The maximum absolute atomic E-state index is 11.8. The summed E-state index contributed by atoms with van der Waals surface area (Å²) >= 11 is 0. The van der Waals surface area contributed by atoms with Crippen molar-refractivity contribution in [3.8, 4) is 11.5 Å². The number of rotatable bonds is 4. The van der Waals surface area contributed by atoms with Crippen molar-refractivity contribution in [2.75, 3.05) is 13.7 Å². The van der Waals surface area contributed by atoms with E-state index in [1.165, 1.54) is 19.2 Å². The van der Waals surface area contributed by atoms with Gasteiger partial charge in [0, 0.05) is 6.07 Å². The number of aromatic hydroxyl groups is 1. The molecule has 0 unspecified atom stereocenters. The summed E-state index contributed by atoms with van der Waals surface area (Å²) in [6.07, 6.45) is 0. The Morgan fingerprint density at radius 3 is 2.53 bits per heavy atom. The number of ether oxygens (including phenoxy) is 2. The van der Waals surface area contributed by atoms with Crippen LogP contribution >= 0.6 is 0 Å². The van der Waals surface area contributed by atoms with Gasteiger partial charge in [-0.3, -0.25) is 4.79 Å². The van der Waals surface area contributed by atoms with Crippen LogP contribution in [-0.2, 0) is 9.53 Å². The highest BCUT2D eigenvalue weighted by Crippen LogP contribution is 2.28. The standard InChI is InChI=1S/C12H14O5/c1-4-17-12(15)11(14)10-7(2)5-8(13)6-9(10)16-3/h5-6,13H,4H2,1-3H3. The number of benzene rings is 1. The largest absolute Gasteiger partial charge is 0.508 e. The van der Waals surface area contributed by atoms with Crippen LogP contribution in [0.15, 0.2) is 12.1 Å². The van der Waals surface area contributed by atoms with Crippen LogP contribution in [0.1, 0.15) is 22.8 Å². The van der Waals surface area contributed by atoms with E-state index < -0.39 is 11.8 Å². The lowest BCUT2D eigenvalue weighted by Crippen LogP contribution is -2.19. The molecule has 92 valence electrons. The molecule has 1 N–H and O–H groups in total. The molecular formula is C12H14O5. The van der Waals surface area contributed by atoms with Crippen LogP contribution in [-0.4, -0.2) is 30.6 Å². The monoisotopic (exact) mass is 238 g/mol. The van der Waals surface area contributed by atoms with E-state index in [1.807, 2.05) is 0 Å². The molecule has 5 nitrogen and oxygen atoms in total. The molecule has 0 fully saturated rings. The number of aryl methyl sites for hydroxylation is 1. The van der Waals surface area contributed by atoms with Gasteiger partial charge in [0.15, 0.2) is 0 Å². The molecule has 0 heterocycles. The van der Waals surface area contributed by atoms with Gasteiger partial charge in [-0.15, -0.1) is 0 Å². The molecule has 1 rings (SSSR count). The molecule has 0 atom stereocenters. The Bertz CT molecular complexity index is 450. The van der Waals surface area contributed by atoms with Crippen LogP contribution in [0.3, 0.4) is 0 Å². The molecule has 0 aliphatic rings. The maximum Gasteiger partial charge on any atom is 0.379 e. The van der Waals surface area contributed by atoms with Crippen molar-refractivity contribution in [2.24, 2.45) is 0 Å². The number of Topliss-reactive ketones (excluding diaryl/α,β-unsaturated/α-hetero) is 1. The molecule has 0 amide bonds. The van der Waals surface area contributed by atoms with E-state index in [9.17, 15) is 14.7 Å². The fourth-order valence-corrected chi connectivity index (χ4v) is 1.49. The van der Waals surface area contributed by atoms with Gasteiger partial charge >= 0.3 is 5.97 Å². The van der Waals surface area contributed by atoms with Gasteiger partial charge in [0.2, 0.25) is 0 Å². The Balaban J connectivity index is 3.21. The van der Waals surface area contributed by atoms with Gasteiger partial charge in [-0.25, -0.2) is 4.79 Å². The van der Waals surface area contributed by atoms with Crippen molar-refractivity contribution in [1.82, 2.24) is 0 Å². The first-order valence-electron chi connectivity index (χ1n) is 5.10. The summed E-state index contributed by atoms with van der Waals surface area (Å²) in [5.41, 5.74) is 0.573. The summed E-state index contributed by atoms with van der Waals surface area (Å²) in [7, 11) is 1.36. The maximum atomic E-state index is 11.8. The number of ketones is 1. The summed E-state index contributed by atoms with van der Waals surface area (Å²) < 4.78 is 9.60. The van der Waals surface area contributed by atoms with Crippen molar-refractivity contribution in [3.63, 3.8) is 0 Å². The molecular weight excluding hydrogens is 224 g/mol. The molecule has 5 heteroatoms. The topological polar surface area (TPSA) is 72.8 Å². The van der Waals surface area contributed by atoms with E-state index in [0.29, 0.717) is 5.56 Å². The molecule has 0 radical (unpaired) electrons. The van der Waals surface area contributed by atoms with Crippen molar-refractivity contribution in [1.29, 1.82) is 0 Å². The summed E-state index contributed by atoms with van der Waals surface area (Å²) in [6, 6.07) is 2.66. The van der Waals surface area contributed by atoms with Crippen molar-refractivity contribution >= 4 is 11.8 Å². The second-order valence-corrected chi connectivity index (χ2v) is 3.39. The van der Waals surface area contributed by atoms with Crippen LogP contribution in [0.4, 0.5) is 0 Å². The first-order chi connectivity index (χ1) is 8.01. The molecule has 0 saturated heterocycles. The SMILES string of the molecule is CCOC(=O)C(=O)c1c(C)cc(O)cc1OC. The fraction of sp³-hybridized carbons (Fsp3) is 0.333. The number of phenolic OH excluding ortho intramolecular Hbond substituents is 1. The molecule has 0 saturated carbocycles. The minimum Gasteiger partial charge on any atom is -0.508 e. The van der Waals surface area contributed by atoms with Crippen molar-refractivity contribution in [2.45, 2.75) is 13.8 Å². The predicted molar refractivity (Wildman–Crippen MR) is 60.4 cm³/mol. The second kappa shape index (κ2) is 5.34. The molecule has 0 aromatic heterocycles. The smallest absolute Gasteiger partial charge is 0.379 e. The molecule has 0 aliphatic carbocycles. The van der Waals surface area contributed by atoms with E-state index in [-0.39, 0.29) is 23.7 Å². The summed E-state index contributed by atoms with van der Waals surface area (Å²) in [6.45, 7) is 3.35. The van der Waals surface area contributed by atoms with Gasteiger partial charge in [-0.05, 0) is 25.5 Å². The minimum absolute atomic E-state index is 0.0280. The van der Waals surface area contributed by atoms with Crippen molar-refractivity contribution < 1.29 is 24.2 Å². The van der Waals surface area contributed by atoms with Gasteiger partial charge in [0.05, 0.1) is 19.3 Å². The summed E-state index contributed by atoms with van der Waals surface area (Å²) in [5, 5.41) is 9.37. The Hall–Kier alpha value is -2.04. The Labute approximate surface area is 99.0 Å². The van der Waals surface area contributed by atoms with Crippen molar-refractivity contribution in [3.05, 3.63) is 23.3 Å². The third kappa shape index (κ3) is 2.75. The molecule has 17 heavy (non-hydrogen) atoms. The lowest BCUT2D eigenvalue weighted by molar-refractivity contribution is -0.137. The molecule has 0 aliphatic heterocycles. The van der Waals surface area contributed by atoms with Gasteiger partial charge in [0.25, 0.3) is 5.78 Å². The number of hydrogen-bond acceptors (Lipinski definition) is 5. The van der Waals surface area contributed by atoms with Crippen LogP contribution in [0, 0.1) is 6.92 Å². The second-order valence-electron chi connectivity index (χ2n) is 3.39. The number of carbonyl (C=O) groups excluding carboxylic acids is 2. The highest BCUT2D eigenvalue weighted by Gasteiger charge is 2.24. The predicted octanol–water partition coefficient (Wildman–Crippen LogP) is 1.46. The van der Waals surface area contributed by atoms with Crippen LogP contribution in [0.25, 0.3) is 0 Å². The first-order valence-corrected chi connectivity index (χ1v) is 5.10. The summed E-state index contributed by atoms with van der Waals surface area (Å²) in [4.78, 5) is 23.2. The van der Waals surface area contributed by atoms with Gasteiger partial charge in [0.1, 0.15) is 11.5 Å². The third-order valence-corrected chi connectivity index (χ3v) is 2.19. The minimum atomic E-state index is -0.931.